The molecule has 186 valence electrons. The zero-order valence-electron chi connectivity index (χ0n) is 19.8. The van der Waals surface area contributed by atoms with E-state index in [1.807, 2.05) is 56.3 Å². The van der Waals surface area contributed by atoms with Crippen molar-refractivity contribution in [3.63, 3.8) is 0 Å². The monoisotopic (exact) mass is 523 g/mol. The van der Waals surface area contributed by atoms with Crippen molar-refractivity contribution in [3.05, 3.63) is 87.8 Å². The highest BCUT2D eigenvalue weighted by atomic mass is 35.5. The number of amides is 2. The molecule has 1 aliphatic heterocycles. The van der Waals surface area contributed by atoms with Crippen molar-refractivity contribution in [2.45, 2.75) is 19.3 Å². The second kappa shape index (κ2) is 11.9. The molecule has 2 amide bonds. The molecule has 0 aromatic heterocycles. The van der Waals surface area contributed by atoms with Crippen LogP contribution in [0, 0.1) is 6.92 Å². The Bertz CT molecular complexity index is 1280. The van der Waals surface area contributed by atoms with E-state index in [-0.39, 0.29) is 23.9 Å². The van der Waals surface area contributed by atoms with Crippen LogP contribution in [0.15, 0.2) is 71.6 Å². The molecule has 1 heterocycles. The minimum absolute atomic E-state index is 0.163. The zero-order chi connectivity index (χ0) is 25.5. The fourth-order valence-corrected chi connectivity index (χ4v) is 4.62. The van der Waals surface area contributed by atoms with Crippen LogP contribution >= 0.6 is 23.4 Å². The first-order chi connectivity index (χ1) is 17.4. The summed E-state index contributed by atoms with van der Waals surface area (Å²) >= 11 is 7.49. The number of anilines is 2. The molecule has 1 aliphatic rings. The van der Waals surface area contributed by atoms with E-state index < -0.39 is 0 Å². The van der Waals surface area contributed by atoms with E-state index in [9.17, 15) is 9.59 Å². The second-order valence-corrected chi connectivity index (χ2v) is 9.51. The number of aryl methyl sites for hydroxylation is 1. The molecule has 1 atom stereocenters. The first-order valence-corrected chi connectivity index (χ1v) is 12.6. The average Bonchev–Trinajstić information content (AvgIpc) is 3.20. The fourth-order valence-electron chi connectivity index (χ4n) is 3.47. The van der Waals surface area contributed by atoms with Gasteiger partial charge in [-0.1, -0.05) is 53.7 Å². The van der Waals surface area contributed by atoms with Crippen LogP contribution in [0.25, 0.3) is 6.08 Å². The Hall–Kier alpha value is -3.62. The first-order valence-electron chi connectivity index (χ1n) is 11.4. The Morgan fingerprint density at radius 2 is 1.89 bits per heavy atom. The summed E-state index contributed by atoms with van der Waals surface area (Å²) in [4.78, 5) is 25.4. The molecule has 3 aromatic carbocycles. The number of thioether (sulfide) groups is 1. The van der Waals surface area contributed by atoms with Crippen molar-refractivity contribution >= 4 is 52.6 Å². The topological polar surface area (TPSA) is 88.7 Å². The lowest BCUT2D eigenvalue weighted by Crippen LogP contribution is -2.31. The van der Waals surface area contributed by atoms with Crippen LogP contribution in [0.2, 0.25) is 5.02 Å². The zero-order valence-corrected chi connectivity index (χ0v) is 21.4. The maximum atomic E-state index is 12.6. The van der Waals surface area contributed by atoms with E-state index in [1.54, 1.807) is 30.3 Å². The van der Waals surface area contributed by atoms with Gasteiger partial charge in [-0.2, -0.15) is 0 Å². The van der Waals surface area contributed by atoms with Gasteiger partial charge in [-0.25, -0.2) is 0 Å². The molecule has 0 spiro atoms. The molecule has 4 rings (SSSR count). The molecule has 0 radical (unpaired) electrons. The Morgan fingerprint density at radius 3 is 2.67 bits per heavy atom. The minimum Gasteiger partial charge on any atom is -0.490 e. The molecule has 36 heavy (non-hydrogen) atoms. The highest BCUT2D eigenvalue weighted by Gasteiger charge is 2.27. The van der Waals surface area contributed by atoms with E-state index >= 15 is 0 Å². The smallest absolute Gasteiger partial charge is 0.262 e. The Balaban J connectivity index is 1.42. The average molecular weight is 524 g/mol. The lowest BCUT2D eigenvalue weighted by Gasteiger charge is -2.15. The first kappa shape index (κ1) is 25.5. The minimum atomic E-state index is -0.321. The summed E-state index contributed by atoms with van der Waals surface area (Å²) in [5, 5.41) is 9.63. The molecule has 3 N–H and O–H groups in total. The number of para-hydroxylation sites is 1. The quantitative estimate of drug-likeness (QED) is 0.313. The maximum Gasteiger partial charge on any atom is 0.262 e. The highest BCUT2D eigenvalue weighted by molar-refractivity contribution is 8.05. The predicted molar refractivity (Wildman–Crippen MR) is 145 cm³/mol. The van der Waals surface area contributed by atoms with Gasteiger partial charge in [0.1, 0.15) is 0 Å². The van der Waals surface area contributed by atoms with Gasteiger partial charge in [-0.05, 0) is 67.4 Å². The molecule has 0 saturated carbocycles. The van der Waals surface area contributed by atoms with E-state index in [4.69, 9.17) is 21.1 Å². The number of halogens is 1. The van der Waals surface area contributed by atoms with Crippen LogP contribution in [0.3, 0.4) is 0 Å². The second-order valence-electron chi connectivity index (χ2n) is 7.93. The van der Waals surface area contributed by atoms with Gasteiger partial charge in [0.2, 0.25) is 0 Å². The SMILES string of the molecule is CCOc1cc(/C=C2\SC(Nc3cc(Cl)ccc3C)NC2=O)ccc1OCC(=O)Nc1ccccc1. The summed E-state index contributed by atoms with van der Waals surface area (Å²) in [7, 11) is 0. The Labute approximate surface area is 219 Å². The normalized spacial score (nSPS) is 15.9. The standard InChI is InChI=1S/C27H26ClN3O4S/c1-3-34-23-13-18(10-12-22(23)35-16-25(32)29-20-7-5-4-6-8-20)14-24-26(33)31-27(36-24)30-21-15-19(28)11-9-17(21)2/h4-15,27,30H,3,16H2,1-2H3,(H,29,32)(H,31,33)/b24-14-. The summed E-state index contributed by atoms with van der Waals surface area (Å²) in [6.07, 6.45) is 1.79. The van der Waals surface area contributed by atoms with Crippen LogP contribution < -0.4 is 25.4 Å². The number of carbonyl (C=O) groups is 2. The lowest BCUT2D eigenvalue weighted by atomic mass is 10.2. The highest BCUT2D eigenvalue weighted by Crippen LogP contribution is 2.34. The van der Waals surface area contributed by atoms with Crippen LogP contribution in [0.5, 0.6) is 11.5 Å². The van der Waals surface area contributed by atoms with Crippen molar-refractivity contribution in [2.75, 3.05) is 23.8 Å². The molecule has 9 heteroatoms. The van der Waals surface area contributed by atoms with Crippen molar-refractivity contribution in [1.29, 1.82) is 0 Å². The number of hydrogen-bond acceptors (Lipinski definition) is 6. The molecular weight excluding hydrogens is 498 g/mol. The predicted octanol–water partition coefficient (Wildman–Crippen LogP) is 5.66. The van der Waals surface area contributed by atoms with E-state index in [0.717, 1.165) is 16.8 Å². The number of hydrogen-bond donors (Lipinski definition) is 3. The van der Waals surface area contributed by atoms with E-state index in [0.29, 0.717) is 33.7 Å². The lowest BCUT2D eigenvalue weighted by molar-refractivity contribution is -0.118. The summed E-state index contributed by atoms with van der Waals surface area (Å²) in [5.41, 5.74) is 3.04. The number of benzene rings is 3. The van der Waals surface area contributed by atoms with Gasteiger partial charge < -0.3 is 25.4 Å². The molecule has 1 unspecified atom stereocenters. The van der Waals surface area contributed by atoms with Gasteiger partial charge >= 0.3 is 0 Å². The van der Waals surface area contributed by atoms with E-state index in [2.05, 4.69) is 16.0 Å². The molecule has 3 aromatic rings. The molecular formula is C27H26ClN3O4S. The third-order valence-corrected chi connectivity index (χ3v) is 6.46. The van der Waals surface area contributed by atoms with Crippen LogP contribution in [0.1, 0.15) is 18.1 Å². The number of ether oxygens (including phenoxy) is 2. The maximum absolute atomic E-state index is 12.6. The molecule has 0 aliphatic carbocycles. The number of nitrogens with one attached hydrogen (secondary N) is 3. The van der Waals surface area contributed by atoms with Gasteiger partial charge in [0.05, 0.1) is 11.5 Å². The van der Waals surface area contributed by atoms with Gasteiger partial charge in [0, 0.05) is 16.4 Å². The summed E-state index contributed by atoms with van der Waals surface area (Å²) in [5.74, 6) is 0.490. The fraction of sp³-hybridized carbons (Fsp3) is 0.185. The summed E-state index contributed by atoms with van der Waals surface area (Å²) in [6.45, 7) is 4.10. The van der Waals surface area contributed by atoms with Crippen molar-refractivity contribution in [3.8, 4) is 11.5 Å². The number of carbonyl (C=O) groups excluding carboxylic acids is 2. The van der Waals surface area contributed by atoms with Gasteiger partial charge in [-0.3, -0.25) is 9.59 Å². The third-order valence-electron chi connectivity index (χ3n) is 5.20. The van der Waals surface area contributed by atoms with Crippen molar-refractivity contribution < 1.29 is 19.1 Å². The molecule has 7 nitrogen and oxygen atoms in total. The summed E-state index contributed by atoms with van der Waals surface area (Å²) in [6, 6.07) is 20.1. The van der Waals surface area contributed by atoms with E-state index in [1.165, 1.54) is 11.8 Å². The molecule has 1 fully saturated rings. The molecule has 0 bridgehead atoms. The molecule has 1 saturated heterocycles. The van der Waals surface area contributed by atoms with Crippen molar-refractivity contribution in [2.24, 2.45) is 0 Å². The largest absolute Gasteiger partial charge is 0.490 e. The third kappa shape index (κ3) is 6.74. The van der Waals surface area contributed by atoms with Crippen LogP contribution in [0.4, 0.5) is 11.4 Å². The Morgan fingerprint density at radius 1 is 1.08 bits per heavy atom. The van der Waals surface area contributed by atoms with Gasteiger partial charge in [-0.15, -0.1) is 0 Å². The number of rotatable bonds is 9. The van der Waals surface area contributed by atoms with Gasteiger partial charge in [0.25, 0.3) is 11.8 Å². The van der Waals surface area contributed by atoms with Crippen LogP contribution in [-0.4, -0.2) is 30.5 Å². The van der Waals surface area contributed by atoms with Crippen molar-refractivity contribution in [1.82, 2.24) is 5.32 Å². The van der Waals surface area contributed by atoms with Gasteiger partial charge in [0.15, 0.2) is 23.6 Å². The summed E-state index contributed by atoms with van der Waals surface area (Å²) < 4.78 is 11.4. The van der Waals surface area contributed by atoms with Crippen LogP contribution in [-0.2, 0) is 9.59 Å². The Kier molecular flexibility index (Phi) is 8.40.